The molecule has 4 rings (SSSR count). The summed E-state index contributed by atoms with van der Waals surface area (Å²) in [6, 6.07) is 7.65. The van der Waals surface area contributed by atoms with Gasteiger partial charge in [0.15, 0.2) is 0 Å². The second-order valence-corrected chi connectivity index (χ2v) is 6.30. The quantitative estimate of drug-likeness (QED) is 0.888. The van der Waals surface area contributed by atoms with Gasteiger partial charge in [0.25, 0.3) is 0 Å². The Morgan fingerprint density at radius 3 is 2.70 bits per heavy atom. The van der Waals surface area contributed by atoms with Gasteiger partial charge in [0.1, 0.15) is 17.6 Å². The van der Waals surface area contributed by atoms with Crippen molar-refractivity contribution in [3.8, 4) is 0 Å². The molecule has 122 valence electrons. The van der Waals surface area contributed by atoms with Gasteiger partial charge in [0.05, 0.1) is 18.8 Å². The molecule has 1 saturated carbocycles. The molecule has 1 saturated heterocycles. The number of morpholine rings is 1. The fraction of sp³-hybridized carbons (Fsp3) is 0.562. The molecule has 7 nitrogen and oxygen atoms in total. The predicted octanol–water partition coefficient (Wildman–Crippen LogP) is 0.430. The van der Waals surface area contributed by atoms with E-state index in [1.165, 1.54) is 4.80 Å². The van der Waals surface area contributed by atoms with Gasteiger partial charge in [-0.3, -0.25) is 4.79 Å². The maximum absolute atomic E-state index is 12.7. The van der Waals surface area contributed by atoms with E-state index < -0.39 is 0 Å². The largest absolute Gasteiger partial charge is 0.396 e. The number of hydrogen-bond acceptors (Lipinski definition) is 5. The lowest BCUT2D eigenvalue weighted by Gasteiger charge is -2.37. The van der Waals surface area contributed by atoms with Crippen LogP contribution in [-0.4, -0.2) is 62.8 Å². The molecule has 3 atom stereocenters. The smallest absolute Gasteiger partial charge is 0.246 e. The number of hydrogen-bond donors (Lipinski definition) is 1. The van der Waals surface area contributed by atoms with Gasteiger partial charge in [-0.2, -0.15) is 15.0 Å². The lowest BCUT2D eigenvalue weighted by molar-refractivity contribution is -0.145. The molecule has 0 radical (unpaired) electrons. The lowest BCUT2D eigenvalue weighted by Crippen LogP contribution is -2.52. The van der Waals surface area contributed by atoms with E-state index in [4.69, 9.17) is 4.74 Å². The van der Waals surface area contributed by atoms with E-state index in [9.17, 15) is 9.90 Å². The Labute approximate surface area is 133 Å². The molecule has 2 fully saturated rings. The Balaban J connectivity index is 1.49. The molecule has 1 aromatic heterocycles. The number of nitrogens with zero attached hydrogens (tertiary/aromatic N) is 4. The summed E-state index contributed by atoms with van der Waals surface area (Å²) in [5.74, 6) is 0.242. The van der Waals surface area contributed by atoms with Crippen LogP contribution in [0.1, 0.15) is 12.8 Å². The van der Waals surface area contributed by atoms with Crippen LogP contribution in [0.5, 0.6) is 0 Å². The minimum absolute atomic E-state index is 0.0159. The molecule has 2 aliphatic rings. The van der Waals surface area contributed by atoms with Crippen LogP contribution in [-0.2, 0) is 16.1 Å². The van der Waals surface area contributed by atoms with Crippen molar-refractivity contribution in [3.63, 3.8) is 0 Å². The molecule has 0 unspecified atom stereocenters. The summed E-state index contributed by atoms with van der Waals surface area (Å²) in [6.45, 7) is 1.45. The van der Waals surface area contributed by atoms with Crippen molar-refractivity contribution >= 4 is 16.9 Å². The third kappa shape index (κ3) is 2.70. The minimum Gasteiger partial charge on any atom is -0.396 e. The van der Waals surface area contributed by atoms with Gasteiger partial charge in [-0.1, -0.05) is 12.1 Å². The standard InChI is InChI=1S/C16H20N4O3/c21-10-11-7-14-15(8-11)23-6-5-19(14)16(22)9-20-17-12-3-1-2-4-13(12)18-20/h1-4,11,14-15,21H,5-10H2/t11-,14+,15+/m1/s1. The average Bonchev–Trinajstić information content (AvgIpc) is 3.16. The van der Waals surface area contributed by atoms with Crippen LogP contribution in [0.4, 0.5) is 0 Å². The van der Waals surface area contributed by atoms with Crippen molar-refractivity contribution in [2.45, 2.75) is 31.5 Å². The Kier molecular flexibility index (Phi) is 3.74. The first kappa shape index (κ1) is 14.6. The van der Waals surface area contributed by atoms with Gasteiger partial charge in [-0.05, 0) is 30.9 Å². The molecule has 1 amide bonds. The van der Waals surface area contributed by atoms with Gasteiger partial charge in [0, 0.05) is 13.2 Å². The van der Waals surface area contributed by atoms with Crippen LogP contribution in [0, 0.1) is 5.92 Å². The van der Waals surface area contributed by atoms with Gasteiger partial charge >= 0.3 is 0 Å². The van der Waals surface area contributed by atoms with E-state index in [1.807, 2.05) is 29.2 Å². The average molecular weight is 316 g/mol. The highest BCUT2D eigenvalue weighted by atomic mass is 16.5. The fourth-order valence-corrected chi connectivity index (χ4v) is 3.70. The monoisotopic (exact) mass is 316 g/mol. The number of aliphatic hydroxyl groups is 1. The Bertz CT molecular complexity index is 683. The van der Waals surface area contributed by atoms with Crippen molar-refractivity contribution in [1.29, 1.82) is 0 Å². The molecule has 1 aliphatic carbocycles. The maximum atomic E-state index is 12.7. The zero-order valence-corrected chi connectivity index (χ0v) is 12.8. The molecule has 1 aromatic carbocycles. The van der Waals surface area contributed by atoms with Gasteiger partial charge in [0.2, 0.25) is 5.91 Å². The number of ether oxygens (including phenoxy) is 1. The molecule has 0 bridgehead atoms. The summed E-state index contributed by atoms with van der Waals surface area (Å²) in [6.07, 6.45) is 1.69. The number of benzene rings is 1. The first-order chi connectivity index (χ1) is 11.2. The van der Waals surface area contributed by atoms with E-state index in [2.05, 4.69) is 10.2 Å². The Hall–Kier alpha value is -1.99. The van der Waals surface area contributed by atoms with E-state index in [0.717, 1.165) is 23.9 Å². The van der Waals surface area contributed by atoms with Crippen LogP contribution in [0.2, 0.25) is 0 Å². The molecular formula is C16H20N4O3. The van der Waals surface area contributed by atoms with Crippen LogP contribution in [0.15, 0.2) is 24.3 Å². The number of carbonyl (C=O) groups excluding carboxylic acids is 1. The number of fused-ring (bicyclic) bond motifs is 2. The van der Waals surface area contributed by atoms with Gasteiger partial charge < -0.3 is 14.7 Å². The number of amides is 1. The topological polar surface area (TPSA) is 80.5 Å². The normalized spacial score (nSPS) is 27.3. The lowest BCUT2D eigenvalue weighted by atomic mass is 10.1. The zero-order chi connectivity index (χ0) is 15.8. The second-order valence-electron chi connectivity index (χ2n) is 6.30. The Morgan fingerprint density at radius 1 is 1.26 bits per heavy atom. The molecule has 1 N–H and O–H groups in total. The summed E-state index contributed by atoms with van der Waals surface area (Å²) < 4.78 is 5.77. The SMILES string of the molecule is O=C(Cn1nc2ccccc2n1)N1CCO[C@H]2C[C@H](CO)C[C@@H]21. The number of rotatable bonds is 3. The van der Waals surface area contributed by atoms with Crippen LogP contribution >= 0.6 is 0 Å². The van der Waals surface area contributed by atoms with E-state index in [0.29, 0.717) is 13.2 Å². The third-order valence-electron chi connectivity index (χ3n) is 4.82. The summed E-state index contributed by atoms with van der Waals surface area (Å²) >= 11 is 0. The van der Waals surface area contributed by atoms with Crippen LogP contribution < -0.4 is 0 Å². The zero-order valence-electron chi connectivity index (χ0n) is 12.8. The highest BCUT2D eigenvalue weighted by Gasteiger charge is 2.42. The molecule has 23 heavy (non-hydrogen) atoms. The predicted molar refractivity (Wildman–Crippen MR) is 82.6 cm³/mol. The van der Waals surface area contributed by atoms with Crippen LogP contribution in [0.25, 0.3) is 11.0 Å². The van der Waals surface area contributed by atoms with Crippen LogP contribution in [0.3, 0.4) is 0 Å². The van der Waals surface area contributed by atoms with Crippen molar-refractivity contribution in [1.82, 2.24) is 19.9 Å². The third-order valence-corrected chi connectivity index (χ3v) is 4.82. The van der Waals surface area contributed by atoms with Crippen molar-refractivity contribution in [3.05, 3.63) is 24.3 Å². The van der Waals surface area contributed by atoms with Crippen molar-refractivity contribution in [2.75, 3.05) is 19.8 Å². The molecular weight excluding hydrogens is 296 g/mol. The van der Waals surface area contributed by atoms with Gasteiger partial charge in [-0.15, -0.1) is 0 Å². The van der Waals surface area contributed by atoms with E-state index in [1.54, 1.807) is 0 Å². The molecule has 1 aliphatic heterocycles. The molecule has 2 aromatic rings. The summed E-state index contributed by atoms with van der Waals surface area (Å²) in [5, 5.41) is 18.1. The molecule has 2 heterocycles. The summed E-state index contributed by atoms with van der Waals surface area (Å²) in [5.41, 5.74) is 1.59. The van der Waals surface area contributed by atoms with E-state index in [-0.39, 0.29) is 37.1 Å². The first-order valence-electron chi connectivity index (χ1n) is 8.06. The van der Waals surface area contributed by atoms with E-state index >= 15 is 0 Å². The highest BCUT2D eigenvalue weighted by molar-refractivity contribution is 5.77. The fourth-order valence-electron chi connectivity index (χ4n) is 3.70. The van der Waals surface area contributed by atoms with Gasteiger partial charge in [-0.25, -0.2) is 0 Å². The summed E-state index contributed by atoms with van der Waals surface area (Å²) in [7, 11) is 0. The maximum Gasteiger partial charge on any atom is 0.246 e. The number of aromatic nitrogens is 3. The van der Waals surface area contributed by atoms with Crippen molar-refractivity contribution < 1.29 is 14.6 Å². The number of aliphatic hydroxyl groups excluding tert-OH is 1. The molecule has 7 heteroatoms. The van der Waals surface area contributed by atoms with Crippen molar-refractivity contribution in [2.24, 2.45) is 5.92 Å². The number of carbonyl (C=O) groups is 1. The highest BCUT2D eigenvalue weighted by Crippen LogP contribution is 2.34. The summed E-state index contributed by atoms with van der Waals surface area (Å²) in [4.78, 5) is 16.0. The minimum atomic E-state index is 0.0159. The second kappa shape index (κ2) is 5.90. The Morgan fingerprint density at radius 2 is 2.00 bits per heavy atom. The first-order valence-corrected chi connectivity index (χ1v) is 8.06. The molecule has 0 spiro atoms.